The molecule has 0 N–H and O–H groups in total. The highest BCUT2D eigenvalue weighted by atomic mass is 16.2. The van der Waals surface area contributed by atoms with Gasteiger partial charge in [-0.1, -0.05) is 6.07 Å². The van der Waals surface area contributed by atoms with Crippen LogP contribution >= 0.6 is 0 Å². The second-order valence-electron chi connectivity index (χ2n) is 5.93. The number of aromatic nitrogens is 3. The highest BCUT2D eigenvalue weighted by Crippen LogP contribution is 2.15. The molecule has 3 aromatic rings. The van der Waals surface area contributed by atoms with Gasteiger partial charge in [0.25, 0.3) is 0 Å². The molecule has 0 saturated heterocycles. The lowest BCUT2D eigenvalue weighted by atomic mass is 10.1. The fraction of sp³-hybridized carbons (Fsp3) is 0.316. The molecule has 0 aliphatic heterocycles. The third-order valence-electron chi connectivity index (χ3n) is 4.30. The zero-order valence-electron chi connectivity index (χ0n) is 14.1. The predicted octanol–water partition coefficient (Wildman–Crippen LogP) is 2.60. The highest BCUT2D eigenvalue weighted by Gasteiger charge is 2.13. The Morgan fingerprint density at radius 2 is 1.96 bits per heavy atom. The van der Waals surface area contributed by atoms with Crippen molar-refractivity contribution < 1.29 is 4.79 Å². The molecule has 5 nitrogen and oxygen atoms in total. The second kappa shape index (κ2) is 7.25. The van der Waals surface area contributed by atoms with Crippen molar-refractivity contribution >= 4 is 16.9 Å². The highest BCUT2D eigenvalue weighted by molar-refractivity contribution is 5.81. The van der Waals surface area contributed by atoms with Crippen LogP contribution in [0.15, 0.2) is 49.1 Å². The lowest BCUT2D eigenvalue weighted by Gasteiger charge is -2.21. The number of fused-ring (bicyclic) bond motifs is 1. The van der Waals surface area contributed by atoms with Crippen LogP contribution < -0.4 is 0 Å². The average molecular weight is 322 g/mol. The zero-order chi connectivity index (χ0) is 16.9. The quantitative estimate of drug-likeness (QED) is 0.701. The molecule has 0 aliphatic rings. The molecule has 0 atom stereocenters. The third-order valence-corrected chi connectivity index (χ3v) is 4.30. The number of imidazole rings is 1. The molecule has 3 rings (SSSR count). The first-order valence-corrected chi connectivity index (χ1v) is 8.24. The smallest absolute Gasteiger partial charge is 0.226 e. The van der Waals surface area contributed by atoms with Gasteiger partial charge in [0.05, 0.1) is 23.8 Å². The molecular weight excluding hydrogens is 300 g/mol. The fourth-order valence-electron chi connectivity index (χ4n) is 2.85. The van der Waals surface area contributed by atoms with E-state index in [0.717, 1.165) is 36.1 Å². The van der Waals surface area contributed by atoms with Gasteiger partial charge in [-0.25, -0.2) is 4.98 Å². The normalized spacial score (nSPS) is 10.9. The molecule has 2 heterocycles. The maximum absolute atomic E-state index is 12.6. The summed E-state index contributed by atoms with van der Waals surface area (Å²) < 4.78 is 1.98. The maximum Gasteiger partial charge on any atom is 0.226 e. The molecule has 0 aliphatic carbocycles. The second-order valence-corrected chi connectivity index (χ2v) is 5.93. The van der Waals surface area contributed by atoms with E-state index in [9.17, 15) is 4.79 Å². The number of rotatable bonds is 6. The van der Waals surface area contributed by atoms with E-state index in [2.05, 4.69) is 9.97 Å². The first kappa shape index (κ1) is 16.2. The number of carbonyl (C=O) groups excluding carboxylic acids is 1. The largest absolute Gasteiger partial charge is 0.342 e. The summed E-state index contributed by atoms with van der Waals surface area (Å²) in [6.45, 7) is 3.47. The summed E-state index contributed by atoms with van der Waals surface area (Å²) in [6, 6.07) is 10.0. The van der Waals surface area contributed by atoms with Crippen molar-refractivity contribution in [2.75, 3.05) is 13.1 Å². The van der Waals surface area contributed by atoms with Gasteiger partial charge in [-0.05, 0) is 48.7 Å². The summed E-state index contributed by atoms with van der Waals surface area (Å²) in [5.74, 6) is 0.154. The van der Waals surface area contributed by atoms with Gasteiger partial charge < -0.3 is 9.47 Å². The molecule has 1 aromatic carbocycles. The van der Waals surface area contributed by atoms with Crippen LogP contribution in [0, 0.1) is 0 Å². The van der Waals surface area contributed by atoms with E-state index >= 15 is 0 Å². The van der Waals surface area contributed by atoms with E-state index in [1.165, 1.54) is 5.56 Å². The van der Waals surface area contributed by atoms with Gasteiger partial charge in [0.1, 0.15) is 0 Å². The number of pyridine rings is 1. The molecular formula is C19H22N4O. The summed E-state index contributed by atoms with van der Waals surface area (Å²) in [4.78, 5) is 22.9. The first-order chi connectivity index (χ1) is 11.7. The number of amides is 1. The van der Waals surface area contributed by atoms with Crippen molar-refractivity contribution in [1.29, 1.82) is 0 Å². The van der Waals surface area contributed by atoms with E-state index in [4.69, 9.17) is 0 Å². The predicted molar refractivity (Wildman–Crippen MR) is 94.6 cm³/mol. The summed E-state index contributed by atoms with van der Waals surface area (Å²) in [7, 11) is 1.97. The van der Waals surface area contributed by atoms with E-state index in [-0.39, 0.29) is 5.91 Å². The van der Waals surface area contributed by atoms with Crippen LogP contribution in [0.5, 0.6) is 0 Å². The fourth-order valence-corrected chi connectivity index (χ4v) is 2.85. The number of hydrogen-bond acceptors (Lipinski definition) is 3. The van der Waals surface area contributed by atoms with Crippen LogP contribution in [0.1, 0.15) is 18.1 Å². The van der Waals surface area contributed by atoms with Crippen molar-refractivity contribution in [2.45, 2.75) is 19.8 Å². The summed E-state index contributed by atoms with van der Waals surface area (Å²) in [5, 5.41) is 0. The lowest BCUT2D eigenvalue weighted by molar-refractivity contribution is -0.130. The molecule has 0 unspecified atom stereocenters. The molecule has 0 saturated carbocycles. The van der Waals surface area contributed by atoms with E-state index in [1.807, 2.05) is 53.8 Å². The van der Waals surface area contributed by atoms with Gasteiger partial charge in [0.15, 0.2) is 0 Å². The van der Waals surface area contributed by atoms with Gasteiger partial charge in [-0.3, -0.25) is 9.78 Å². The molecule has 0 radical (unpaired) electrons. The van der Waals surface area contributed by atoms with E-state index in [1.54, 1.807) is 18.7 Å². The minimum absolute atomic E-state index is 0.154. The lowest BCUT2D eigenvalue weighted by Crippen LogP contribution is -2.33. The van der Waals surface area contributed by atoms with Crippen molar-refractivity contribution in [3.05, 3.63) is 60.2 Å². The van der Waals surface area contributed by atoms with Gasteiger partial charge in [-0.15, -0.1) is 0 Å². The van der Waals surface area contributed by atoms with Gasteiger partial charge in [0.2, 0.25) is 5.91 Å². The van der Waals surface area contributed by atoms with Crippen LogP contribution in [0.3, 0.4) is 0 Å². The average Bonchev–Trinajstić information content (AvgIpc) is 2.97. The molecule has 0 fully saturated rings. The Hall–Kier alpha value is -2.69. The zero-order valence-corrected chi connectivity index (χ0v) is 14.1. The Labute approximate surface area is 142 Å². The molecule has 1 amide bonds. The maximum atomic E-state index is 12.6. The number of aryl methyl sites for hydroxylation is 1. The van der Waals surface area contributed by atoms with Crippen molar-refractivity contribution in [1.82, 2.24) is 19.4 Å². The minimum Gasteiger partial charge on any atom is -0.342 e. The van der Waals surface area contributed by atoms with Crippen LogP contribution in [0.4, 0.5) is 0 Å². The molecule has 2 aromatic heterocycles. The van der Waals surface area contributed by atoms with Crippen LogP contribution in [-0.2, 0) is 24.7 Å². The van der Waals surface area contributed by atoms with Gasteiger partial charge in [-0.2, -0.15) is 0 Å². The summed E-state index contributed by atoms with van der Waals surface area (Å²) >= 11 is 0. The SMILES string of the molecule is CCN(CCc1ccncc1)C(=O)Cc1ccc2c(c1)ncn2C. The summed E-state index contributed by atoms with van der Waals surface area (Å²) in [6.07, 6.45) is 6.63. The monoisotopic (exact) mass is 322 g/mol. The minimum atomic E-state index is 0.154. The molecule has 5 heteroatoms. The Morgan fingerprint density at radius 3 is 2.71 bits per heavy atom. The van der Waals surface area contributed by atoms with Crippen molar-refractivity contribution in [2.24, 2.45) is 7.05 Å². The number of benzene rings is 1. The van der Waals surface area contributed by atoms with Crippen molar-refractivity contribution in [3.8, 4) is 0 Å². The molecule has 0 bridgehead atoms. The Bertz CT molecular complexity index is 826. The third kappa shape index (κ3) is 3.62. The Kier molecular flexibility index (Phi) is 4.89. The number of carbonyl (C=O) groups is 1. The Balaban J connectivity index is 1.64. The molecule has 124 valence electrons. The Morgan fingerprint density at radius 1 is 1.17 bits per heavy atom. The number of likely N-dealkylation sites (N-methyl/N-ethyl adjacent to an activating group) is 1. The number of nitrogens with zero attached hydrogens (tertiary/aromatic N) is 4. The van der Waals surface area contributed by atoms with Crippen molar-refractivity contribution in [3.63, 3.8) is 0 Å². The topological polar surface area (TPSA) is 51.0 Å². The summed E-state index contributed by atoms with van der Waals surface area (Å²) in [5.41, 5.74) is 4.22. The standard InChI is InChI=1S/C19H22N4O/c1-3-23(11-8-15-6-9-20-10-7-15)19(24)13-16-4-5-18-17(12-16)21-14-22(18)2/h4-7,9-10,12,14H,3,8,11,13H2,1-2H3. The molecule has 0 spiro atoms. The van der Waals surface area contributed by atoms with Crippen LogP contribution in [-0.4, -0.2) is 38.4 Å². The van der Waals surface area contributed by atoms with Gasteiger partial charge in [0, 0.05) is 32.5 Å². The number of hydrogen-bond donors (Lipinski definition) is 0. The van der Waals surface area contributed by atoms with Crippen LogP contribution in [0.2, 0.25) is 0 Å². The first-order valence-electron chi connectivity index (χ1n) is 8.24. The van der Waals surface area contributed by atoms with Crippen LogP contribution in [0.25, 0.3) is 11.0 Å². The van der Waals surface area contributed by atoms with E-state index < -0.39 is 0 Å². The van der Waals surface area contributed by atoms with E-state index in [0.29, 0.717) is 6.42 Å². The van der Waals surface area contributed by atoms with Gasteiger partial charge >= 0.3 is 0 Å². The molecule has 24 heavy (non-hydrogen) atoms.